The normalized spacial score (nSPS) is 11.6. The Kier molecular flexibility index (Phi) is 5.62. The van der Waals surface area contributed by atoms with Crippen molar-refractivity contribution in [1.29, 1.82) is 0 Å². The molecule has 4 heteroatoms. The second kappa shape index (κ2) is 9.97. The van der Waals surface area contributed by atoms with Gasteiger partial charge in [0.2, 0.25) is 0 Å². The number of benzene rings is 6. The van der Waals surface area contributed by atoms with E-state index in [1.165, 1.54) is 21.8 Å². The molecule has 0 saturated heterocycles. The lowest BCUT2D eigenvalue weighted by Gasteiger charge is -2.10. The van der Waals surface area contributed by atoms with Gasteiger partial charge in [0, 0.05) is 39.3 Å². The van der Waals surface area contributed by atoms with Crippen molar-refractivity contribution in [2.45, 2.75) is 0 Å². The molecule has 0 aliphatic rings. The minimum Gasteiger partial charge on any atom is -0.309 e. The molecule has 0 aliphatic carbocycles. The fourth-order valence-corrected chi connectivity index (χ4v) is 6.89. The highest BCUT2D eigenvalue weighted by Crippen LogP contribution is 2.38. The molecule has 0 spiro atoms. The number of hydrogen-bond donors (Lipinski definition) is 0. The first-order valence-corrected chi connectivity index (χ1v) is 15.2. The topological polar surface area (TPSA) is 31.9 Å². The molecule has 0 radical (unpaired) electrons. The van der Waals surface area contributed by atoms with Crippen LogP contribution < -0.4 is 5.56 Å². The Morgan fingerprint density at radius 3 is 1.40 bits per heavy atom. The zero-order chi connectivity index (χ0) is 29.9. The molecule has 9 aromatic rings. The SMILES string of the molecule is O=c1ccc2c(c3cc(-c4ccc5c(c4)c4ccccc4n5-c4ccccc4)ccc3n2-c2ccccc2)n1-c1ccccc1. The van der Waals surface area contributed by atoms with Gasteiger partial charge in [0.05, 0.1) is 27.6 Å². The second-order valence-corrected chi connectivity index (χ2v) is 11.4. The van der Waals surface area contributed by atoms with Gasteiger partial charge in [-0.3, -0.25) is 9.36 Å². The smallest absolute Gasteiger partial charge is 0.255 e. The maximum Gasteiger partial charge on any atom is 0.255 e. The first-order chi connectivity index (χ1) is 22.3. The molecule has 0 atom stereocenters. The van der Waals surface area contributed by atoms with Gasteiger partial charge in [0.15, 0.2) is 0 Å². The summed E-state index contributed by atoms with van der Waals surface area (Å²) in [6.45, 7) is 0. The number of fused-ring (bicyclic) bond motifs is 6. The predicted molar refractivity (Wildman–Crippen MR) is 186 cm³/mol. The van der Waals surface area contributed by atoms with E-state index in [1.54, 1.807) is 6.07 Å². The molecule has 4 nitrogen and oxygen atoms in total. The summed E-state index contributed by atoms with van der Waals surface area (Å²) < 4.78 is 6.44. The molecule has 0 aliphatic heterocycles. The Labute approximate surface area is 259 Å². The average molecular weight is 578 g/mol. The maximum atomic E-state index is 13.5. The Morgan fingerprint density at radius 2 is 0.778 bits per heavy atom. The van der Waals surface area contributed by atoms with Crippen LogP contribution in [0, 0.1) is 0 Å². The monoisotopic (exact) mass is 577 g/mol. The summed E-state index contributed by atoms with van der Waals surface area (Å²) in [5.41, 5.74) is 10.5. The molecule has 0 unspecified atom stereocenters. The van der Waals surface area contributed by atoms with Crippen LogP contribution in [0.25, 0.3) is 71.9 Å². The summed E-state index contributed by atoms with van der Waals surface area (Å²) in [5, 5.41) is 3.46. The van der Waals surface area contributed by atoms with E-state index >= 15 is 0 Å². The third-order valence-corrected chi connectivity index (χ3v) is 8.85. The number of pyridine rings is 1. The van der Waals surface area contributed by atoms with Gasteiger partial charge in [-0.1, -0.05) is 84.9 Å². The van der Waals surface area contributed by atoms with Crippen LogP contribution in [0.5, 0.6) is 0 Å². The molecule has 0 bridgehead atoms. The summed E-state index contributed by atoms with van der Waals surface area (Å²) in [6.07, 6.45) is 0. The van der Waals surface area contributed by atoms with Crippen molar-refractivity contribution in [3.8, 4) is 28.2 Å². The minimum absolute atomic E-state index is 0.0543. The maximum absolute atomic E-state index is 13.5. The van der Waals surface area contributed by atoms with Gasteiger partial charge in [-0.2, -0.15) is 0 Å². The van der Waals surface area contributed by atoms with Crippen LogP contribution >= 0.6 is 0 Å². The van der Waals surface area contributed by atoms with Gasteiger partial charge in [-0.05, 0) is 83.9 Å². The van der Waals surface area contributed by atoms with Crippen molar-refractivity contribution in [2.24, 2.45) is 0 Å². The molecule has 45 heavy (non-hydrogen) atoms. The Balaban J connectivity index is 1.33. The van der Waals surface area contributed by atoms with Gasteiger partial charge in [0.25, 0.3) is 5.56 Å². The van der Waals surface area contributed by atoms with E-state index in [0.717, 1.165) is 50.1 Å². The summed E-state index contributed by atoms with van der Waals surface area (Å²) in [6, 6.07) is 56.4. The largest absolute Gasteiger partial charge is 0.309 e. The van der Waals surface area contributed by atoms with Crippen LogP contribution in [0.1, 0.15) is 0 Å². The Bertz CT molecular complexity index is 2590. The second-order valence-electron chi connectivity index (χ2n) is 11.4. The number of aromatic nitrogens is 3. The van der Waals surface area contributed by atoms with Gasteiger partial charge in [-0.25, -0.2) is 0 Å². The van der Waals surface area contributed by atoms with Crippen molar-refractivity contribution in [1.82, 2.24) is 13.7 Å². The predicted octanol–water partition coefficient (Wildman–Crippen LogP) is 9.70. The summed E-state index contributed by atoms with van der Waals surface area (Å²) in [5.74, 6) is 0. The van der Waals surface area contributed by atoms with Crippen molar-refractivity contribution >= 4 is 43.7 Å². The van der Waals surface area contributed by atoms with E-state index in [4.69, 9.17) is 0 Å². The first kappa shape index (κ1) is 25.4. The van der Waals surface area contributed by atoms with E-state index in [2.05, 4.69) is 124 Å². The first-order valence-electron chi connectivity index (χ1n) is 15.2. The number of para-hydroxylation sites is 4. The molecule has 3 heterocycles. The zero-order valence-electron chi connectivity index (χ0n) is 24.3. The lowest BCUT2D eigenvalue weighted by molar-refractivity contribution is 1.04. The molecule has 0 amide bonds. The van der Waals surface area contributed by atoms with Gasteiger partial charge < -0.3 is 9.13 Å². The zero-order valence-corrected chi connectivity index (χ0v) is 24.3. The van der Waals surface area contributed by atoms with Crippen molar-refractivity contribution < 1.29 is 0 Å². The number of hydrogen-bond acceptors (Lipinski definition) is 1. The molecule has 0 fully saturated rings. The molecule has 6 aromatic carbocycles. The lowest BCUT2D eigenvalue weighted by Crippen LogP contribution is -2.17. The van der Waals surface area contributed by atoms with E-state index < -0.39 is 0 Å². The van der Waals surface area contributed by atoms with Gasteiger partial charge in [-0.15, -0.1) is 0 Å². The highest BCUT2D eigenvalue weighted by molar-refractivity contribution is 6.12. The fourth-order valence-electron chi connectivity index (χ4n) is 6.89. The van der Waals surface area contributed by atoms with E-state index in [9.17, 15) is 4.79 Å². The minimum atomic E-state index is -0.0543. The average Bonchev–Trinajstić information content (AvgIpc) is 3.61. The highest BCUT2D eigenvalue weighted by Gasteiger charge is 2.19. The molecule has 0 N–H and O–H groups in total. The number of rotatable bonds is 4. The molecule has 0 saturated carbocycles. The Morgan fingerprint density at radius 1 is 0.333 bits per heavy atom. The summed E-state index contributed by atoms with van der Waals surface area (Å²) >= 11 is 0. The van der Waals surface area contributed by atoms with Gasteiger partial charge in [0.1, 0.15) is 0 Å². The van der Waals surface area contributed by atoms with Crippen LogP contribution in [0.3, 0.4) is 0 Å². The van der Waals surface area contributed by atoms with Crippen LogP contribution in [-0.4, -0.2) is 13.7 Å². The quantitative estimate of drug-likeness (QED) is 0.205. The van der Waals surface area contributed by atoms with E-state index in [0.29, 0.717) is 0 Å². The third kappa shape index (κ3) is 3.89. The van der Waals surface area contributed by atoms with Crippen LogP contribution in [0.15, 0.2) is 169 Å². The molecular formula is C41H27N3O. The third-order valence-electron chi connectivity index (χ3n) is 8.85. The summed E-state index contributed by atoms with van der Waals surface area (Å²) in [7, 11) is 0. The molecule has 9 rings (SSSR count). The highest BCUT2D eigenvalue weighted by atomic mass is 16.1. The molecule has 3 aromatic heterocycles. The van der Waals surface area contributed by atoms with Crippen molar-refractivity contribution in [3.05, 3.63) is 174 Å². The fraction of sp³-hybridized carbons (Fsp3) is 0. The van der Waals surface area contributed by atoms with Crippen LogP contribution in [-0.2, 0) is 0 Å². The van der Waals surface area contributed by atoms with Crippen LogP contribution in [0.2, 0.25) is 0 Å². The van der Waals surface area contributed by atoms with Crippen molar-refractivity contribution in [3.63, 3.8) is 0 Å². The summed E-state index contributed by atoms with van der Waals surface area (Å²) in [4.78, 5) is 13.5. The Hall–Kier alpha value is -6.13. The molecular weight excluding hydrogens is 550 g/mol. The standard InChI is InChI=1S/C41H27N3O/c45-40-25-24-39-41(44(40)32-16-8-3-9-17-32)35-27-29(21-23-38(35)43(39)31-14-6-2-7-15-31)28-20-22-37-34(26-28)33-18-10-11-19-36(33)42(37)30-12-4-1-5-13-30/h1-27H. The van der Waals surface area contributed by atoms with Crippen molar-refractivity contribution in [2.75, 3.05) is 0 Å². The lowest BCUT2D eigenvalue weighted by atomic mass is 10.0. The van der Waals surface area contributed by atoms with E-state index in [-0.39, 0.29) is 5.56 Å². The van der Waals surface area contributed by atoms with Gasteiger partial charge >= 0.3 is 0 Å². The van der Waals surface area contributed by atoms with E-state index in [1.807, 2.05) is 47.0 Å². The molecule has 212 valence electrons. The number of nitrogens with zero attached hydrogens (tertiary/aromatic N) is 3. The van der Waals surface area contributed by atoms with Crippen LogP contribution in [0.4, 0.5) is 0 Å².